The number of carbonyl (C=O) groups is 2. The number of benzene rings is 3. The second kappa shape index (κ2) is 14.2. The fraction of sp³-hybridized carbons (Fsp3) is 0.375. The van der Waals surface area contributed by atoms with Crippen LogP contribution < -0.4 is 14.8 Å². The number of nitrogens with one attached hydrogen (secondary N) is 1. The van der Waals surface area contributed by atoms with Crippen LogP contribution in [0.5, 0.6) is 11.5 Å². The van der Waals surface area contributed by atoms with Gasteiger partial charge in [0.15, 0.2) is 6.61 Å². The summed E-state index contributed by atoms with van der Waals surface area (Å²) in [5, 5.41) is 3.09. The summed E-state index contributed by atoms with van der Waals surface area (Å²) >= 11 is 0. The molecule has 0 unspecified atom stereocenters. The molecule has 6 nitrogen and oxygen atoms in total. The fourth-order valence-corrected chi connectivity index (χ4v) is 4.27. The van der Waals surface area contributed by atoms with Crippen LogP contribution in [0.4, 0.5) is 0 Å². The SMILES string of the molecule is CC[C@H](C)NC(=O)[C@H](Cc1ccccc1)N(Cc1cccc(OC)c1)C(=O)COc1ccccc1C(C)C. The molecule has 0 heterocycles. The Labute approximate surface area is 227 Å². The Morgan fingerprint density at radius 2 is 1.58 bits per heavy atom. The predicted octanol–water partition coefficient (Wildman–Crippen LogP) is 5.75. The van der Waals surface area contributed by atoms with Gasteiger partial charge in [0.1, 0.15) is 17.5 Å². The molecule has 0 aliphatic rings. The second-order valence-electron chi connectivity index (χ2n) is 9.88. The maximum Gasteiger partial charge on any atom is 0.261 e. The van der Waals surface area contributed by atoms with Crippen LogP contribution in [0.3, 0.4) is 0 Å². The van der Waals surface area contributed by atoms with Crippen LogP contribution in [0.1, 0.15) is 56.7 Å². The third kappa shape index (κ3) is 8.10. The summed E-state index contributed by atoms with van der Waals surface area (Å²) in [5.74, 6) is 1.19. The monoisotopic (exact) mass is 516 g/mol. The molecular weight excluding hydrogens is 476 g/mol. The van der Waals surface area contributed by atoms with Crippen molar-refractivity contribution in [3.05, 3.63) is 95.6 Å². The van der Waals surface area contributed by atoms with Gasteiger partial charge in [-0.05, 0) is 54.2 Å². The molecule has 0 fully saturated rings. The van der Waals surface area contributed by atoms with Crippen molar-refractivity contribution in [2.24, 2.45) is 0 Å². The molecule has 3 aromatic carbocycles. The summed E-state index contributed by atoms with van der Waals surface area (Å²) in [7, 11) is 1.61. The van der Waals surface area contributed by atoms with Gasteiger partial charge in [0, 0.05) is 19.0 Å². The molecular formula is C32H40N2O4. The number of amides is 2. The van der Waals surface area contributed by atoms with Crippen molar-refractivity contribution >= 4 is 11.8 Å². The van der Waals surface area contributed by atoms with Crippen LogP contribution in [0.2, 0.25) is 0 Å². The Morgan fingerprint density at radius 1 is 0.895 bits per heavy atom. The smallest absolute Gasteiger partial charge is 0.261 e. The highest BCUT2D eigenvalue weighted by Gasteiger charge is 2.31. The first kappa shape index (κ1) is 28.8. The van der Waals surface area contributed by atoms with E-state index in [-0.39, 0.29) is 36.9 Å². The third-order valence-electron chi connectivity index (χ3n) is 6.65. The molecule has 3 aromatic rings. The average Bonchev–Trinajstić information content (AvgIpc) is 2.94. The Kier molecular flexibility index (Phi) is 10.8. The third-order valence-corrected chi connectivity index (χ3v) is 6.65. The highest BCUT2D eigenvalue weighted by atomic mass is 16.5. The fourth-order valence-electron chi connectivity index (χ4n) is 4.27. The zero-order valence-corrected chi connectivity index (χ0v) is 23.1. The number of rotatable bonds is 13. The minimum Gasteiger partial charge on any atom is -0.497 e. The Bertz CT molecular complexity index is 1180. The van der Waals surface area contributed by atoms with Crippen LogP contribution in [0, 0.1) is 0 Å². The Hall–Kier alpha value is -3.80. The summed E-state index contributed by atoms with van der Waals surface area (Å²) < 4.78 is 11.5. The molecule has 6 heteroatoms. The second-order valence-corrected chi connectivity index (χ2v) is 9.88. The summed E-state index contributed by atoms with van der Waals surface area (Å²) in [5.41, 5.74) is 2.89. The molecule has 0 radical (unpaired) electrons. The first-order chi connectivity index (χ1) is 18.3. The number of hydrogen-bond acceptors (Lipinski definition) is 4. The number of para-hydroxylation sites is 1. The van der Waals surface area contributed by atoms with E-state index in [1.807, 2.05) is 92.7 Å². The zero-order valence-electron chi connectivity index (χ0n) is 23.1. The maximum absolute atomic E-state index is 13.8. The van der Waals surface area contributed by atoms with Crippen molar-refractivity contribution < 1.29 is 19.1 Å². The molecule has 202 valence electrons. The van der Waals surface area contributed by atoms with Gasteiger partial charge in [-0.1, -0.05) is 81.4 Å². The van der Waals surface area contributed by atoms with Crippen molar-refractivity contribution in [3.8, 4) is 11.5 Å². The van der Waals surface area contributed by atoms with Crippen LogP contribution >= 0.6 is 0 Å². The van der Waals surface area contributed by atoms with Crippen LogP contribution in [0.15, 0.2) is 78.9 Å². The van der Waals surface area contributed by atoms with E-state index in [0.717, 1.165) is 23.1 Å². The van der Waals surface area contributed by atoms with Gasteiger partial charge in [0.25, 0.3) is 5.91 Å². The summed E-state index contributed by atoms with van der Waals surface area (Å²) in [6.45, 7) is 8.25. The molecule has 0 aliphatic heterocycles. The number of carbonyl (C=O) groups excluding carboxylic acids is 2. The lowest BCUT2D eigenvalue weighted by Crippen LogP contribution is -2.53. The summed E-state index contributed by atoms with van der Waals surface area (Å²) in [4.78, 5) is 29.1. The minimum atomic E-state index is -0.714. The summed E-state index contributed by atoms with van der Waals surface area (Å²) in [6.07, 6.45) is 1.18. The normalized spacial score (nSPS) is 12.5. The minimum absolute atomic E-state index is 0.0105. The molecule has 3 rings (SSSR count). The van der Waals surface area contributed by atoms with Gasteiger partial charge in [-0.15, -0.1) is 0 Å². The number of nitrogens with zero attached hydrogens (tertiary/aromatic N) is 1. The molecule has 0 spiro atoms. The standard InChI is InChI=1S/C32H40N2O4/c1-6-24(4)33-32(36)29(20-25-13-8-7-9-14-25)34(21-26-15-12-16-27(19-26)37-5)31(35)22-38-30-18-11-10-17-28(30)23(2)3/h7-19,23-24,29H,6,20-22H2,1-5H3,(H,33,36)/t24-,29-/m0/s1. The van der Waals surface area contributed by atoms with Crippen LogP contribution in [-0.2, 0) is 22.6 Å². The van der Waals surface area contributed by atoms with Crippen molar-refractivity contribution in [3.63, 3.8) is 0 Å². The van der Waals surface area contributed by atoms with Crippen molar-refractivity contribution in [2.75, 3.05) is 13.7 Å². The number of hydrogen-bond donors (Lipinski definition) is 1. The quantitative estimate of drug-likeness (QED) is 0.314. The van der Waals surface area contributed by atoms with E-state index in [1.165, 1.54) is 0 Å². The van der Waals surface area contributed by atoms with Gasteiger partial charge in [0.2, 0.25) is 5.91 Å². The van der Waals surface area contributed by atoms with Crippen molar-refractivity contribution in [1.29, 1.82) is 0 Å². The molecule has 0 saturated heterocycles. The molecule has 2 amide bonds. The van der Waals surface area contributed by atoms with E-state index in [9.17, 15) is 9.59 Å². The van der Waals surface area contributed by atoms with Gasteiger partial charge in [-0.2, -0.15) is 0 Å². The van der Waals surface area contributed by atoms with Gasteiger partial charge in [0.05, 0.1) is 7.11 Å². The van der Waals surface area contributed by atoms with Crippen molar-refractivity contribution in [1.82, 2.24) is 10.2 Å². The lowest BCUT2D eigenvalue weighted by Gasteiger charge is -2.32. The number of ether oxygens (including phenoxy) is 2. The van der Waals surface area contributed by atoms with E-state index in [2.05, 4.69) is 19.2 Å². The van der Waals surface area contributed by atoms with Gasteiger partial charge in [-0.3, -0.25) is 9.59 Å². The van der Waals surface area contributed by atoms with Gasteiger partial charge in [-0.25, -0.2) is 0 Å². The average molecular weight is 517 g/mol. The largest absolute Gasteiger partial charge is 0.497 e. The van der Waals surface area contributed by atoms with E-state index < -0.39 is 6.04 Å². The molecule has 0 aliphatic carbocycles. The van der Waals surface area contributed by atoms with E-state index in [4.69, 9.17) is 9.47 Å². The van der Waals surface area contributed by atoms with E-state index in [0.29, 0.717) is 17.9 Å². The lowest BCUT2D eigenvalue weighted by atomic mass is 10.0. The zero-order chi connectivity index (χ0) is 27.5. The van der Waals surface area contributed by atoms with Crippen LogP contribution in [-0.4, -0.2) is 42.5 Å². The van der Waals surface area contributed by atoms with Gasteiger partial charge < -0.3 is 19.7 Å². The first-order valence-electron chi connectivity index (χ1n) is 13.3. The molecule has 1 N–H and O–H groups in total. The predicted molar refractivity (Wildman–Crippen MR) is 151 cm³/mol. The van der Waals surface area contributed by atoms with Crippen molar-refractivity contribution in [2.45, 2.75) is 65.1 Å². The van der Waals surface area contributed by atoms with E-state index in [1.54, 1.807) is 12.0 Å². The Balaban J connectivity index is 1.95. The van der Waals surface area contributed by atoms with Crippen LogP contribution in [0.25, 0.3) is 0 Å². The summed E-state index contributed by atoms with van der Waals surface area (Å²) in [6, 6.07) is 24.4. The van der Waals surface area contributed by atoms with E-state index >= 15 is 0 Å². The highest BCUT2D eigenvalue weighted by molar-refractivity contribution is 5.88. The molecule has 0 aromatic heterocycles. The topological polar surface area (TPSA) is 67.9 Å². The first-order valence-corrected chi connectivity index (χ1v) is 13.3. The Morgan fingerprint density at radius 3 is 2.26 bits per heavy atom. The molecule has 38 heavy (non-hydrogen) atoms. The maximum atomic E-state index is 13.8. The highest BCUT2D eigenvalue weighted by Crippen LogP contribution is 2.26. The van der Waals surface area contributed by atoms with Gasteiger partial charge >= 0.3 is 0 Å². The number of methoxy groups -OCH3 is 1. The molecule has 0 bridgehead atoms. The molecule has 2 atom stereocenters. The molecule has 0 saturated carbocycles. The lowest BCUT2D eigenvalue weighted by molar-refractivity contribution is -0.143.